The van der Waals surface area contributed by atoms with E-state index in [2.05, 4.69) is 39.9 Å². The first-order valence-electron chi connectivity index (χ1n) is 7.85. The van der Waals surface area contributed by atoms with Crippen LogP contribution in [0.4, 0.5) is 0 Å². The standard InChI is InChI=1S/C17H25N3/c1-15-4-2-3-5-17(15)20-12-10-19(11-13-20)14-16-6-8-18-9-7-16/h3,5-6,8-9,16H,2,4,7,10-14H2,1H3. The van der Waals surface area contributed by atoms with Crippen LogP contribution in [0.2, 0.25) is 0 Å². The molecule has 0 saturated carbocycles. The molecular formula is C17H25N3. The second kappa shape index (κ2) is 6.40. The lowest BCUT2D eigenvalue weighted by Crippen LogP contribution is -2.47. The van der Waals surface area contributed by atoms with Gasteiger partial charge >= 0.3 is 0 Å². The maximum absolute atomic E-state index is 4.16. The fourth-order valence-electron chi connectivity index (χ4n) is 3.29. The number of rotatable bonds is 3. The van der Waals surface area contributed by atoms with E-state index in [9.17, 15) is 0 Å². The van der Waals surface area contributed by atoms with E-state index < -0.39 is 0 Å². The Balaban J connectivity index is 1.51. The Morgan fingerprint density at radius 1 is 1.25 bits per heavy atom. The van der Waals surface area contributed by atoms with Crippen molar-refractivity contribution < 1.29 is 0 Å². The molecule has 108 valence electrons. The predicted octanol–water partition coefficient (Wildman–Crippen LogP) is 2.83. The molecule has 0 radical (unpaired) electrons. The molecule has 0 bridgehead atoms. The van der Waals surface area contributed by atoms with Crippen molar-refractivity contribution in [2.45, 2.75) is 26.2 Å². The second-order valence-electron chi connectivity index (χ2n) is 6.06. The number of aliphatic imine (C=N–C) groups is 1. The van der Waals surface area contributed by atoms with Crippen molar-refractivity contribution >= 4 is 6.21 Å². The zero-order chi connectivity index (χ0) is 13.8. The van der Waals surface area contributed by atoms with Gasteiger partial charge in [0.1, 0.15) is 0 Å². The van der Waals surface area contributed by atoms with Gasteiger partial charge < -0.3 is 4.90 Å². The second-order valence-corrected chi connectivity index (χ2v) is 6.06. The summed E-state index contributed by atoms with van der Waals surface area (Å²) in [4.78, 5) is 9.33. The van der Waals surface area contributed by atoms with Crippen LogP contribution in [-0.4, -0.2) is 48.7 Å². The largest absolute Gasteiger partial charge is 0.369 e. The molecule has 1 fully saturated rings. The lowest BCUT2D eigenvalue weighted by Gasteiger charge is -2.39. The lowest BCUT2D eigenvalue weighted by atomic mass is 10.0. The first-order chi connectivity index (χ1) is 9.83. The van der Waals surface area contributed by atoms with Gasteiger partial charge in [-0.05, 0) is 43.8 Å². The summed E-state index contributed by atoms with van der Waals surface area (Å²) in [6, 6.07) is 0. The third-order valence-corrected chi connectivity index (χ3v) is 4.56. The average Bonchev–Trinajstić information content (AvgIpc) is 2.50. The van der Waals surface area contributed by atoms with Crippen LogP contribution in [0.25, 0.3) is 0 Å². The Morgan fingerprint density at radius 3 is 2.80 bits per heavy atom. The molecule has 1 unspecified atom stereocenters. The van der Waals surface area contributed by atoms with Crippen LogP contribution in [0.5, 0.6) is 0 Å². The van der Waals surface area contributed by atoms with Gasteiger partial charge in [-0.3, -0.25) is 9.89 Å². The molecule has 1 saturated heterocycles. The van der Waals surface area contributed by atoms with Crippen molar-refractivity contribution in [1.29, 1.82) is 0 Å². The third kappa shape index (κ3) is 3.21. The van der Waals surface area contributed by atoms with Crippen molar-refractivity contribution in [3.8, 4) is 0 Å². The molecule has 3 nitrogen and oxygen atoms in total. The summed E-state index contributed by atoms with van der Waals surface area (Å²) in [6.07, 6.45) is 14.4. The van der Waals surface area contributed by atoms with E-state index in [1.807, 2.05) is 12.4 Å². The summed E-state index contributed by atoms with van der Waals surface area (Å²) in [7, 11) is 0. The smallest absolute Gasteiger partial charge is 0.0353 e. The molecule has 0 N–H and O–H groups in total. The van der Waals surface area contributed by atoms with Gasteiger partial charge in [0.15, 0.2) is 0 Å². The highest BCUT2D eigenvalue weighted by Crippen LogP contribution is 2.23. The van der Waals surface area contributed by atoms with Gasteiger partial charge in [0.2, 0.25) is 0 Å². The van der Waals surface area contributed by atoms with Crippen molar-refractivity contribution in [3.63, 3.8) is 0 Å². The Kier molecular flexibility index (Phi) is 4.36. The fourth-order valence-corrected chi connectivity index (χ4v) is 3.29. The molecule has 1 aliphatic carbocycles. The molecule has 2 heterocycles. The van der Waals surface area contributed by atoms with Gasteiger partial charge in [-0.1, -0.05) is 12.2 Å². The van der Waals surface area contributed by atoms with Crippen molar-refractivity contribution in [2.24, 2.45) is 10.9 Å². The number of hydrogen-bond donors (Lipinski definition) is 0. The Morgan fingerprint density at radius 2 is 2.10 bits per heavy atom. The molecule has 3 rings (SSSR count). The van der Waals surface area contributed by atoms with Crippen molar-refractivity contribution in [3.05, 3.63) is 35.7 Å². The van der Waals surface area contributed by atoms with Crippen LogP contribution in [0, 0.1) is 5.92 Å². The van der Waals surface area contributed by atoms with E-state index in [1.54, 1.807) is 5.57 Å². The number of hydrogen-bond acceptors (Lipinski definition) is 3. The first-order valence-corrected chi connectivity index (χ1v) is 7.85. The number of piperazine rings is 1. The van der Waals surface area contributed by atoms with E-state index in [1.165, 1.54) is 51.3 Å². The van der Waals surface area contributed by atoms with Gasteiger partial charge in [0, 0.05) is 50.8 Å². The Labute approximate surface area is 122 Å². The normalized spacial score (nSPS) is 27.4. The topological polar surface area (TPSA) is 18.8 Å². The zero-order valence-corrected chi connectivity index (χ0v) is 12.5. The average molecular weight is 271 g/mol. The lowest BCUT2D eigenvalue weighted by molar-refractivity contribution is 0.150. The molecule has 0 aromatic rings. The van der Waals surface area contributed by atoms with Crippen LogP contribution in [0.1, 0.15) is 26.2 Å². The summed E-state index contributed by atoms with van der Waals surface area (Å²) >= 11 is 0. The van der Waals surface area contributed by atoms with Crippen molar-refractivity contribution in [2.75, 3.05) is 32.7 Å². The van der Waals surface area contributed by atoms with E-state index >= 15 is 0 Å². The van der Waals surface area contributed by atoms with Gasteiger partial charge in [0.25, 0.3) is 0 Å². The van der Waals surface area contributed by atoms with Crippen LogP contribution in [-0.2, 0) is 0 Å². The molecule has 0 aromatic heterocycles. The minimum atomic E-state index is 0.662. The SMILES string of the molecule is CC1=C(N2CCN(CC3C=CN=CC3)CC2)C=CCC1. The van der Waals surface area contributed by atoms with Crippen molar-refractivity contribution in [1.82, 2.24) is 9.80 Å². The molecule has 0 aromatic carbocycles. The molecule has 20 heavy (non-hydrogen) atoms. The van der Waals surface area contributed by atoms with E-state index in [4.69, 9.17) is 0 Å². The number of nitrogens with zero attached hydrogens (tertiary/aromatic N) is 3. The Bertz CT molecular complexity index is 451. The quantitative estimate of drug-likeness (QED) is 0.786. The molecular weight excluding hydrogens is 246 g/mol. The summed E-state index contributed by atoms with van der Waals surface area (Å²) in [5, 5.41) is 0. The minimum absolute atomic E-state index is 0.662. The van der Waals surface area contributed by atoms with E-state index in [0.717, 1.165) is 6.42 Å². The van der Waals surface area contributed by atoms with Crippen LogP contribution >= 0.6 is 0 Å². The van der Waals surface area contributed by atoms with Gasteiger partial charge in [-0.25, -0.2) is 0 Å². The molecule has 0 amide bonds. The summed E-state index contributed by atoms with van der Waals surface area (Å²) < 4.78 is 0. The number of allylic oxidation sites excluding steroid dienone is 3. The van der Waals surface area contributed by atoms with E-state index in [-0.39, 0.29) is 0 Å². The maximum Gasteiger partial charge on any atom is 0.0353 e. The molecule has 3 heteroatoms. The van der Waals surface area contributed by atoms with Gasteiger partial charge in [-0.15, -0.1) is 0 Å². The molecule has 1 atom stereocenters. The summed E-state index contributed by atoms with van der Waals surface area (Å²) in [6.45, 7) is 8.18. The highest BCUT2D eigenvalue weighted by Gasteiger charge is 2.21. The van der Waals surface area contributed by atoms with Gasteiger partial charge in [-0.2, -0.15) is 0 Å². The van der Waals surface area contributed by atoms with E-state index in [0.29, 0.717) is 5.92 Å². The zero-order valence-electron chi connectivity index (χ0n) is 12.5. The monoisotopic (exact) mass is 271 g/mol. The predicted molar refractivity (Wildman–Crippen MR) is 84.8 cm³/mol. The molecule has 0 spiro atoms. The molecule has 2 aliphatic heterocycles. The fraction of sp³-hybridized carbons (Fsp3) is 0.588. The maximum atomic E-state index is 4.16. The van der Waals surface area contributed by atoms with Crippen LogP contribution in [0.3, 0.4) is 0 Å². The Hall–Kier alpha value is -1.35. The summed E-state index contributed by atoms with van der Waals surface area (Å²) in [5.74, 6) is 0.662. The minimum Gasteiger partial charge on any atom is -0.369 e. The van der Waals surface area contributed by atoms with Crippen LogP contribution < -0.4 is 0 Å². The van der Waals surface area contributed by atoms with Crippen LogP contribution in [0.15, 0.2) is 40.7 Å². The third-order valence-electron chi connectivity index (χ3n) is 4.56. The highest BCUT2D eigenvalue weighted by atomic mass is 15.3. The first kappa shape index (κ1) is 13.6. The van der Waals surface area contributed by atoms with Gasteiger partial charge in [0.05, 0.1) is 0 Å². The molecule has 3 aliphatic rings. The summed E-state index contributed by atoms with van der Waals surface area (Å²) in [5.41, 5.74) is 3.05. The highest BCUT2D eigenvalue weighted by molar-refractivity contribution is 5.60.